The van der Waals surface area contributed by atoms with Crippen LogP contribution in [0.25, 0.3) is 0 Å². The van der Waals surface area contributed by atoms with Gasteiger partial charge in [0.1, 0.15) is 11.6 Å². The lowest BCUT2D eigenvalue weighted by Crippen LogP contribution is -2.30. The largest absolute Gasteiger partial charge is 0.497 e. The van der Waals surface area contributed by atoms with Crippen LogP contribution in [0, 0.1) is 5.82 Å². The summed E-state index contributed by atoms with van der Waals surface area (Å²) in [5, 5.41) is 0. The van der Waals surface area contributed by atoms with E-state index < -0.39 is 0 Å². The molecule has 98 valence electrons. The molecular formula is C16H16FNO. The highest BCUT2D eigenvalue weighted by atomic mass is 19.1. The van der Waals surface area contributed by atoms with E-state index in [9.17, 15) is 4.39 Å². The molecule has 0 spiro atoms. The van der Waals surface area contributed by atoms with Crippen molar-refractivity contribution in [2.24, 2.45) is 0 Å². The predicted molar refractivity (Wildman–Crippen MR) is 74.1 cm³/mol. The zero-order valence-corrected chi connectivity index (χ0v) is 10.9. The number of hydrogen-bond donors (Lipinski definition) is 0. The molecule has 2 aromatic carbocycles. The van der Waals surface area contributed by atoms with E-state index in [0.717, 1.165) is 30.9 Å². The minimum atomic E-state index is -0.182. The van der Waals surface area contributed by atoms with E-state index in [4.69, 9.17) is 4.74 Å². The fourth-order valence-electron chi connectivity index (χ4n) is 2.55. The second kappa shape index (κ2) is 4.92. The monoisotopic (exact) mass is 257 g/mol. The van der Waals surface area contributed by atoms with Crippen LogP contribution >= 0.6 is 0 Å². The Morgan fingerprint density at radius 3 is 2.79 bits per heavy atom. The van der Waals surface area contributed by atoms with E-state index in [1.165, 1.54) is 17.2 Å². The molecule has 1 aliphatic rings. The van der Waals surface area contributed by atoms with Gasteiger partial charge in [0, 0.05) is 18.8 Å². The van der Waals surface area contributed by atoms with Crippen molar-refractivity contribution in [2.45, 2.75) is 13.0 Å². The van der Waals surface area contributed by atoms with Crippen molar-refractivity contribution in [3.8, 4) is 5.75 Å². The Balaban J connectivity index is 1.86. The molecule has 0 amide bonds. The summed E-state index contributed by atoms with van der Waals surface area (Å²) in [6, 6.07) is 13.0. The maximum absolute atomic E-state index is 13.3. The summed E-state index contributed by atoms with van der Waals surface area (Å²) >= 11 is 0. The number of benzene rings is 2. The maximum atomic E-state index is 13.3. The average molecular weight is 257 g/mol. The van der Waals surface area contributed by atoms with Gasteiger partial charge in [-0.05, 0) is 47.9 Å². The van der Waals surface area contributed by atoms with Gasteiger partial charge in [0.25, 0.3) is 0 Å². The number of halogens is 1. The molecule has 1 heterocycles. The average Bonchev–Trinajstić information content (AvgIpc) is 2.46. The van der Waals surface area contributed by atoms with E-state index in [-0.39, 0.29) is 5.82 Å². The summed E-state index contributed by atoms with van der Waals surface area (Å²) in [6.45, 7) is 1.73. The lowest BCUT2D eigenvalue weighted by molar-refractivity contribution is 0.414. The number of ether oxygens (including phenoxy) is 1. The molecule has 3 rings (SSSR count). The predicted octanol–water partition coefficient (Wildman–Crippen LogP) is 3.40. The molecule has 0 fully saturated rings. The number of nitrogens with zero attached hydrogens (tertiary/aromatic N) is 1. The summed E-state index contributed by atoms with van der Waals surface area (Å²) in [4.78, 5) is 2.21. The number of fused-ring (bicyclic) bond motifs is 1. The minimum Gasteiger partial charge on any atom is -0.497 e. The van der Waals surface area contributed by atoms with Crippen molar-refractivity contribution in [3.63, 3.8) is 0 Å². The van der Waals surface area contributed by atoms with Gasteiger partial charge in [-0.2, -0.15) is 0 Å². The van der Waals surface area contributed by atoms with Crippen LogP contribution in [-0.2, 0) is 13.0 Å². The topological polar surface area (TPSA) is 12.5 Å². The highest BCUT2D eigenvalue weighted by molar-refractivity contribution is 5.50. The third-order valence-electron chi connectivity index (χ3n) is 3.60. The summed E-state index contributed by atoms with van der Waals surface area (Å²) in [6.07, 6.45) is 0.961. The first-order chi connectivity index (χ1) is 9.26. The van der Waals surface area contributed by atoms with Crippen LogP contribution in [0.5, 0.6) is 5.75 Å². The van der Waals surface area contributed by atoms with Crippen molar-refractivity contribution in [1.29, 1.82) is 0 Å². The zero-order chi connectivity index (χ0) is 13.2. The SMILES string of the molecule is COc1ccc2c(c1)CCN(c1cccc(F)c1)C2. The smallest absolute Gasteiger partial charge is 0.125 e. The molecule has 0 saturated heterocycles. The third-order valence-corrected chi connectivity index (χ3v) is 3.60. The Morgan fingerprint density at radius 1 is 1.11 bits per heavy atom. The van der Waals surface area contributed by atoms with Gasteiger partial charge in [-0.1, -0.05) is 12.1 Å². The molecule has 0 radical (unpaired) electrons. The first kappa shape index (κ1) is 12.0. The standard InChI is InChI=1S/C16H16FNO/c1-19-16-6-5-13-11-18(8-7-12(13)9-16)15-4-2-3-14(17)10-15/h2-6,9-10H,7-8,11H2,1H3. The Hall–Kier alpha value is -2.03. The third kappa shape index (κ3) is 2.41. The van der Waals surface area contributed by atoms with Crippen molar-refractivity contribution in [2.75, 3.05) is 18.6 Å². The van der Waals surface area contributed by atoms with Gasteiger partial charge >= 0.3 is 0 Å². The summed E-state index contributed by atoms with van der Waals surface area (Å²) in [7, 11) is 1.68. The Kier molecular flexibility index (Phi) is 3.11. The van der Waals surface area contributed by atoms with Crippen LogP contribution in [0.3, 0.4) is 0 Å². The molecule has 0 atom stereocenters. The molecule has 3 heteroatoms. The minimum absolute atomic E-state index is 0.182. The van der Waals surface area contributed by atoms with Crippen LogP contribution < -0.4 is 9.64 Å². The number of rotatable bonds is 2. The summed E-state index contributed by atoms with van der Waals surface area (Å²) < 4.78 is 18.5. The van der Waals surface area contributed by atoms with Crippen LogP contribution in [0.4, 0.5) is 10.1 Å². The lowest BCUT2D eigenvalue weighted by Gasteiger charge is -2.31. The van der Waals surface area contributed by atoms with Crippen LogP contribution in [-0.4, -0.2) is 13.7 Å². The molecule has 19 heavy (non-hydrogen) atoms. The molecule has 0 unspecified atom stereocenters. The molecule has 2 nitrogen and oxygen atoms in total. The molecule has 1 aliphatic heterocycles. The molecule has 0 N–H and O–H groups in total. The molecular weight excluding hydrogens is 241 g/mol. The van der Waals surface area contributed by atoms with Gasteiger partial charge in [0.2, 0.25) is 0 Å². The second-order valence-electron chi connectivity index (χ2n) is 4.79. The van der Waals surface area contributed by atoms with Gasteiger partial charge in [-0.15, -0.1) is 0 Å². The highest BCUT2D eigenvalue weighted by Crippen LogP contribution is 2.27. The lowest BCUT2D eigenvalue weighted by atomic mass is 9.99. The molecule has 0 saturated carbocycles. The van der Waals surface area contributed by atoms with Gasteiger partial charge in [-0.25, -0.2) is 4.39 Å². The summed E-state index contributed by atoms with van der Waals surface area (Å²) in [5.41, 5.74) is 3.56. The quantitative estimate of drug-likeness (QED) is 0.817. The molecule has 0 bridgehead atoms. The highest BCUT2D eigenvalue weighted by Gasteiger charge is 2.17. The first-order valence-electron chi connectivity index (χ1n) is 6.42. The van der Waals surface area contributed by atoms with E-state index in [0.29, 0.717) is 0 Å². The molecule has 0 aromatic heterocycles. The first-order valence-corrected chi connectivity index (χ1v) is 6.42. The Morgan fingerprint density at radius 2 is 2.00 bits per heavy atom. The number of anilines is 1. The fraction of sp³-hybridized carbons (Fsp3) is 0.250. The van der Waals surface area contributed by atoms with E-state index in [1.807, 2.05) is 12.1 Å². The van der Waals surface area contributed by atoms with E-state index in [2.05, 4.69) is 17.0 Å². The van der Waals surface area contributed by atoms with Crippen molar-refractivity contribution < 1.29 is 9.13 Å². The van der Waals surface area contributed by atoms with Gasteiger partial charge in [-0.3, -0.25) is 0 Å². The van der Waals surface area contributed by atoms with Gasteiger partial charge in [0.15, 0.2) is 0 Å². The molecule has 2 aromatic rings. The number of hydrogen-bond acceptors (Lipinski definition) is 2. The van der Waals surface area contributed by atoms with Crippen LogP contribution in [0.15, 0.2) is 42.5 Å². The normalized spacial score (nSPS) is 14.1. The molecule has 0 aliphatic carbocycles. The zero-order valence-electron chi connectivity index (χ0n) is 10.9. The Bertz CT molecular complexity index is 597. The summed E-state index contributed by atoms with van der Waals surface area (Å²) in [5.74, 6) is 0.719. The van der Waals surface area contributed by atoms with Crippen LogP contribution in [0.2, 0.25) is 0 Å². The van der Waals surface area contributed by atoms with E-state index in [1.54, 1.807) is 19.2 Å². The van der Waals surface area contributed by atoms with Crippen molar-refractivity contribution >= 4 is 5.69 Å². The number of methoxy groups -OCH3 is 1. The van der Waals surface area contributed by atoms with Gasteiger partial charge < -0.3 is 9.64 Å². The second-order valence-corrected chi connectivity index (χ2v) is 4.79. The maximum Gasteiger partial charge on any atom is 0.125 e. The van der Waals surface area contributed by atoms with Crippen LogP contribution in [0.1, 0.15) is 11.1 Å². The van der Waals surface area contributed by atoms with E-state index >= 15 is 0 Å². The van der Waals surface area contributed by atoms with Gasteiger partial charge in [0.05, 0.1) is 7.11 Å². The van der Waals surface area contributed by atoms with Crippen molar-refractivity contribution in [1.82, 2.24) is 0 Å². The Labute approximate surface area is 112 Å². The fourth-order valence-corrected chi connectivity index (χ4v) is 2.55. The van der Waals surface area contributed by atoms with Crippen molar-refractivity contribution in [3.05, 3.63) is 59.4 Å².